The highest BCUT2D eigenvalue weighted by Gasteiger charge is 2.20. The molecule has 3 aromatic heterocycles. The van der Waals surface area contributed by atoms with Crippen molar-refractivity contribution >= 4 is 39.6 Å². The second-order valence-corrected chi connectivity index (χ2v) is 7.48. The molecule has 0 amide bonds. The van der Waals surface area contributed by atoms with Gasteiger partial charge in [0.1, 0.15) is 5.39 Å². The molecular weight excluding hydrogens is 370 g/mol. The van der Waals surface area contributed by atoms with E-state index in [0.29, 0.717) is 22.0 Å². The predicted octanol–water partition coefficient (Wildman–Crippen LogP) is 3.92. The molecule has 0 atom stereocenters. The molecule has 5 rings (SSSR count). The molecular formula is C21H17N5OS. The van der Waals surface area contributed by atoms with Crippen LogP contribution < -0.4 is 5.56 Å². The van der Waals surface area contributed by atoms with Gasteiger partial charge in [0.15, 0.2) is 10.8 Å². The zero-order chi connectivity index (χ0) is 19.4. The van der Waals surface area contributed by atoms with Gasteiger partial charge in [-0.25, -0.2) is 19.5 Å². The van der Waals surface area contributed by atoms with Crippen molar-refractivity contribution in [3.05, 3.63) is 70.1 Å². The molecule has 7 heteroatoms. The molecule has 0 aliphatic carbocycles. The largest absolute Gasteiger partial charge is 0.270 e. The van der Waals surface area contributed by atoms with Gasteiger partial charge in [0.25, 0.3) is 5.56 Å². The van der Waals surface area contributed by atoms with Crippen LogP contribution in [-0.4, -0.2) is 30.2 Å². The first-order chi connectivity index (χ1) is 13.6. The summed E-state index contributed by atoms with van der Waals surface area (Å²) < 4.78 is 3.65. The van der Waals surface area contributed by atoms with Crippen LogP contribution in [0.5, 0.6) is 0 Å². The van der Waals surface area contributed by atoms with Gasteiger partial charge in [0.2, 0.25) is 5.78 Å². The zero-order valence-corrected chi connectivity index (χ0v) is 16.5. The van der Waals surface area contributed by atoms with Gasteiger partial charge in [0.05, 0.1) is 16.7 Å². The van der Waals surface area contributed by atoms with E-state index in [1.165, 1.54) is 11.8 Å². The van der Waals surface area contributed by atoms with Gasteiger partial charge >= 0.3 is 0 Å². The maximum atomic E-state index is 13.5. The third-order valence-corrected chi connectivity index (χ3v) is 5.54. The SMILES string of the molecule is CSc1ncc2c(=O)n(-c3c(C)cccc3C)c3nc4ccccc4n3c2n1. The minimum atomic E-state index is -0.164. The Labute approximate surface area is 164 Å². The van der Waals surface area contributed by atoms with Crippen molar-refractivity contribution in [1.82, 2.24) is 23.9 Å². The molecule has 3 heterocycles. The van der Waals surface area contributed by atoms with Gasteiger partial charge in [-0.3, -0.25) is 9.20 Å². The van der Waals surface area contributed by atoms with E-state index < -0.39 is 0 Å². The topological polar surface area (TPSA) is 65.1 Å². The van der Waals surface area contributed by atoms with Crippen LogP contribution in [0.25, 0.3) is 33.5 Å². The van der Waals surface area contributed by atoms with E-state index in [9.17, 15) is 4.79 Å². The molecule has 5 aromatic rings. The van der Waals surface area contributed by atoms with Gasteiger partial charge in [-0.1, -0.05) is 42.1 Å². The highest BCUT2D eigenvalue weighted by Crippen LogP contribution is 2.25. The molecule has 6 nitrogen and oxygen atoms in total. The number of fused-ring (bicyclic) bond motifs is 5. The lowest BCUT2D eigenvalue weighted by Crippen LogP contribution is -2.24. The first-order valence-corrected chi connectivity index (χ1v) is 10.1. The normalized spacial score (nSPS) is 11.7. The number of benzene rings is 2. The standard InChI is InChI=1S/C21H17N5OS/c1-12-7-6-8-13(2)17(12)26-19(27)14-11-22-20(28-3)24-18(14)25-16-10-5-4-9-15(16)23-21(25)26/h4-11H,1-3H3. The van der Waals surface area contributed by atoms with E-state index in [4.69, 9.17) is 4.98 Å². The van der Waals surface area contributed by atoms with E-state index in [1.807, 2.05) is 67.0 Å². The fourth-order valence-electron chi connectivity index (χ4n) is 3.72. The summed E-state index contributed by atoms with van der Waals surface area (Å²) in [4.78, 5) is 27.3. The summed E-state index contributed by atoms with van der Waals surface area (Å²) in [6, 6.07) is 13.9. The second kappa shape index (κ2) is 6.17. The quantitative estimate of drug-likeness (QED) is 0.339. The van der Waals surface area contributed by atoms with Gasteiger partial charge in [-0.05, 0) is 43.4 Å². The lowest BCUT2D eigenvalue weighted by atomic mass is 10.1. The number of aryl methyl sites for hydroxylation is 2. The summed E-state index contributed by atoms with van der Waals surface area (Å²) in [6.07, 6.45) is 3.54. The summed E-state index contributed by atoms with van der Waals surface area (Å²) in [7, 11) is 0. The lowest BCUT2D eigenvalue weighted by Gasteiger charge is -2.15. The maximum Gasteiger partial charge on any atom is 0.270 e. The molecule has 0 saturated heterocycles. The van der Waals surface area contributed by atoms with Crippen LogP contribution in [0, 0.1) is 13.8 Å². The fourth-order valence-corrected chi connectivity index (χ4v) is 4.06. The maximum absolute atomic E-state index is 13.5. The van der Waals surface area contributed by atoms with Crippen molar-refractivity contribution in [2.75, 3.05) is 6.26 Å². The smallest absolute Gasteiger partial charge is 0.268 e. The molecule has 138 valence electrons. The van der Waals surface area contributed by atoms with Gasteiger partial charge < -0.3 is 0 Å². The van der Waals surface area contributed by atoms with Crippen molar-refractivity contribution in [2.24, 2.45) is 0 Å². The molecule has 28 heavy (non-hydrogen) atoms. The van der Waals surface area contributed by atoms with E-state index >= 15 is 0 Å². The molecule has 0 N–H and O–H groups in total. The average Bonchev–Trinajstić information content (AvgIpc) is 3.09. The lowest BCUT2D eigenvalue weighted by molar-refractivity contribution is 0.923. The van der Waals surface area contributed by atoms with Crippen LogP contribution in [0.4, 0.5) is 0 Å². The summed E-state index contributed by atoms with van der Waals surface area (Å²) >= 11 is 1.45. The van der Waals surface area contributed by atoms with Crippen LogP contribution in [0.15, 0.2) is 58.6 Å². The molecule has 0 fully saturated rings. The monoisotopic (exact) mass is 387 g/mol. The summed E-state index contributed by atoms with van der Waals surface area (Å²) in [5.74, 6) is 0.557. The van der Waals surface area contributed by atoms with Crippen molar-refractivity contribution in [3.63, 3.8) is 0 Å². The molecule has 0 bridgehead atoms. The molecule has 0 aliphatic rings. The van der Waals surface area contributed by atoms with E-state index in [1.54, 1.807) is 10.8 Å². The van der Waals surface area contributed by atoms with Gasteiger partial charge in [-0.2, -0.15) is 0 Å². The average molecular weight is 387 g/mol. The Hall–Kier alpha value is -3.19. The van der Waals surface area contributed by atoms with Crippen molar-refractivity contribution in [3.8, 4) is 5.69 Å². The molecule has 0 saturated carbocycles. The number of hydrogen-bond acceptors (Lipinski definition) is 5. The highest BCUT2D eigenvalue weighted by molar-refractivity contribution is 7.98. The first kappa shape index (κ1) is 16.9. The number of para-hydroxylation sites is 3. The summed E-state index contributed by atoms with van der Waals surface area (Å²) in [5, 5.41) is 1.09. The Bertz CT molecular complexity index is 1430. The van der Waals surface area contributed by atoms with Crippen LogP contribution in [0.1, 0.15) is 11.1 Å². The fraction of sp³-hybridized carbons (Fsp3) is 0.143. The van der Waals surface area contributed by atoms with Crippen LogP contribution in [-0.2, 0) is 0 Å². The molecule has 0 unspecified atom stereocenters. The highest BCUT2D eigenvalue weighted by atomic mass is 32.2. The Balaban J connectivity index is 2.10. The number of imidazole rings is 1. The number of hydrogen-bond donors (Lipinski definition) is 0. The van der Waals surface area contributed by atoms with E-state index in [2.05, 4.69) is 9.97 Å². The Morgan fingerprint density at radius 2 is 1.71 bits per heavy atom. The third-order valence-electron chi connectivity index (χ3n) is 4.98. The van der Waals surface area contributed by atoms with Crippen LogP contribution in [0.3, 0.4) is 0 Å². The van der Waals surface area contributed by atoms with E-state index in [-0.39, 0.29) is 5.56 Å². The number of rotatable bonds is 2. The number of aromatic nitrogens is 5. The van der Waals surface area contributed by atoms with E-state index in [0.717, 1.165) is 27.8 Å². The second-order valence-electron chi connectivity index (χ2n) is 6.71. The predicted molar refractivity (Wildman–Crippen MR) is 113 cm³/mol. The zero-order valence-electron chi connectivity index (χ0n) is 15.7. The number of nitrogens with zero attached hydrogens (tertiary/aromatic N) is 5. The van der Waals surface area contributed by atoms with Gasteiger partial charge in [-0.15, -0.1) is 0 Å². The Morgan fingerprint density at radius 1 is 0.964 bits per heavy atom. The third kappa shape index (κ3) is 2.29. The van der Waals surface area contributed by atoms with Crippen LogP contribution in [0.2, 0.25) is 0 Å². The van der Waals surface area contributed by atoms with Crippen molar-refractivity contribution in [2.45, 2.75) is 19.0 Å². The van der Waals surface area contributed by atoms with Crippen molar-refractivity contribution < 1.29 is 0 Å². The molecule has 0 aliphatic heterocycles. The molecule has 2 aromatic carbocycles. The minimum Gasteiger partial charge on any atom is -0.268 e. The molecule has 0 spiro atoms. The molecule has 0 radical (unpaired) electrons. The van der Waals surface area contributed by atoms with Crippen molar-refractivity contribution in [1.29, 1.82) is 0 Å². The Morgan fingerprint density at radius 3 is 2.46 bits per heavy atom. The Kier molecular flexibility index (Phi) is 3.73. The summed E-state index contributed by atoms with van der Waals surface area (Å²) in [6.45, 7) is 4.01. The van der Waals surface area contributed by atoms with Gasteiger partial charge in [0, 0.05) is 6.20 Å². The number of thioether (sulfide) groups is 1. The minimum absolute atomic E-state index is 0.164. The first-order valence-electron chi connectivity index (χ1n) is 8.89. The van der Waals surface area contributed by atoms with Crippen LogP contribution >= 0.6 is 11.8 Å². The summed E-state index contributed by atoms with van der Waals surface area (Å²) in [5.41, 5.74) is 5.02.